The van der Waals surface area contributed by atoms with E-state index in [0.717, 1.165) is 177 Å². The first-order chi connectivity index (χ1) is 64.9. The third kappa shape index (κ3) is 26.4. The van der Waals surface area contributed by atoms with Gasteiger partial charge in [0.05, 0.1) is 45.6 Å². The van der Waals surface area contributed by atoms with Gasteiger partial charge in [0.25, 0.3) is 0 Å². The number of rotatable bonds is 8. The van der Waals surface area contributed by atoms with Crippen molar-refractivity contribution in [2.24, 2.45) is 0 Å². The summed E-state index contributed by atoms with van der Waals surface area (Å²) in [6.07, 6.45) is 21.1. The van der Waals surface area contributed by atoms with Gasteiger partial charge in [-0.25, -0.2) is 44.6 Å². The molecule has 1 saturated carbocycles. The van der Waals surface area contributed by atoms with Crippen LogP contribution >= 0.6 is 16.3 Å². The zero-order chi connectivity index (χ0) is 96.7. The zero-order valence-electron chi connectivity index (χ0n) is 72.6. The van der Waals surface area contributed by atoms with Gasteiger partial charge < -0.3 is 30.4 Å². The van der Waals surface area contributed by atoms with Gasteiger partial charge in [0.15, 0.2) is 30.4 Å². The molecule has 2 atom stereocenters. The number of aromatic nitrogens is 6. The van der Waals surface area contributed by atoms with Crippen LogP contribution in [0, 0.1) is 49.4 Å². The fraction of sp³-hybridized carbons (Fsp3) is 0.109. The average Bonchev–Trinajstić information content (AvgIpc) is 1.40. The molecule has 21 nitrogen and oxygen atoms in total. The summed E-state index contributed by atoms with van der Waals surface area (Å²) in [4.78, 5) is 28.0. The molecular weight excluding hydrogens is 2020 g/mol. The standard InChI is InChI=1S/2C45H31N4O2P.C8H12.3CHF3O3S.Fe.Rh/c2*1-49(2)52-50-42-23-20-33-9-3-4-10-36(33)44(42)45-37-22-17-31(27-34(37)21-24-43(45)51-52)14-13-30-15-18-32(19-16-30)35-28-40(38-11-5-7-25-46-38)48-41(29-35)39-12-6-8-26-47-39;1-2-4-6-8-7-5-3-1;3*2-1(3,4)8(5,6)7;;/h2*3-12,15-29H,1-2H3;1-2,7-8H,3-6H2;3*(H,5,6,7);;/q;;;;;;+2;/p-3. The molecule has 5 radical (unpaired) electrons. The first-order valence-corrected chi connectivity index (χ1v) is 47.5. The predicted octanol–water partition coefficient (Wildman–Crippen LogP) is 25.3. The Kier molecular flexibility index (Phi) is 34.5. The molecule has 19 rings (SSSR count). The monoisotopic (exact) mass is 2090 g/mol. The number of alkyl halides is 9. The quantitative estimate of drug-likeness (QED) is 0.0448. The van der Waals surface area contributed by atoms with Crippen molar-refractivity contribution in [1.29, 1.82) is 0 Å². The molecule has 8 aromatic heterocycles. The van der Waals surface area contributed by atoms with Gasteiger partial charge in [-0.1, -0.05) is 157 Å². The summed E-state index contributed by atoms with van der Waals surface area (Å²) < 4.78 is 207. The summed E-state index contributed by atoms with van der Waals surface area (Å²) >= 11 is 0. The van der Waals surface area contributed by atoms with Crippen LogP contribution in [-0.2, 0) is 66.9 Å². The summed E-state index contributed by atoms with van der Waals surface area (Å²) in [6.45, 7) is 0. The van der Waals surface area contributed by atoms with Gasteiger partial charge in [-0.15, -0.1) is 0 Å². The first kappa shape index (κ1) is 104. The Bertz CT molecular complexity index is 7380. The Morgan fingerprint density at radius 2 is 0.536 bits per heavy atom. The van der Waals surface area contributed by atoms with E-state index >= 15 is 0 Å². The number of hydrogen-bond donors (Lipinski definition) is 0. The number of nitrogens with zero attached hydrogens (tertiary/aromatic N) is 8. The second kappa shape index (κ2) is 45.7. The Labute approximate surface area is 812 Å². The molecule has 1 aliphatic rings. The smallest absolute Gasteiger partial charge is 0.741 e. The van der Waals surface area contributed by atoms with Crippen LogP contribution in [0.25, 0.3) is 155 Å². The fourth-order valence-electron chi connectivity index (χ4n) is 13.9. The van der Waals surface area contributed by atoms with Crippen LogP contribution < -0.4 is 9.34 Å². The van der Waals surface area contributed by atoms with Crippen molar-refractivity contribution >= 4 is 134 Å². The predicted molar refractivity (Wildman–Crippen MR) is 510 cm³/mol. The van der Waals surface area contributed by atoms with Crippen molar-refractivity contribution in [3.05, 3.63) is 352 Å². The molecule has 10 aromatic carbocycles. The molecule has 18 aromatic rings. The molecule has 37 heteroatoms. The van der Waals surface area contributed by atoms with E-state index in [2.05, 4.69) is 276 Å². The Balaban J connectivity index is 0.000000185. The molecule has 0 bridgehead atoms. The SMILES string of the molecule is CN(C)p1oc2ccc3ccccc3c2c2c(ccc3cc(C#Cc4ccc(-c5cc(-c6ccccn6)nc(-c6ccccn6)c5)cc4)ccc32)o1.CN(C)p1oc2ccc3ccccc3c2c2c(ccc3cc(C#Cc4ccc(-c5cc(-c6ccccn6)nc(-c6ccccn6)c5)cc4)ccc32)o1.O=S(=O)([O-])C(F)(F)F.O=S(=O)([O-])C(F)(F)F.O=S(=O)([O-])C(F)(F)F.[CH]1[CH]CC[CH][CH]CC1.[Fe+2].[Rh]. The Morgan fingerprint density at radius 1 is 0.297 bits per heavy atom. The first-order valence-electron chi connectivity index (χ1n) is 41.1. The van der Waals surface area contributed by atoms with Crippen LogP contribution in [-0.4, -0.2) is 114 Å². The van der Waals surface area contributed by atoms with Crippen LogP contribution in [0.5, 0.6) is 0 Å². The number of fused-ring (bicyclic) bond motifs is 14. The normalized spacial score (nSPS) is 12.6. The van der Waals surface area contributed by atoms with E-state index in [1.807, 2.05) is 110 Å². The third-order valence-corrected chi connectivity index (χ3v) is 24.7. The molecular formula is C101H74F9FeN8O13P2RhS3-. The summed E-state index contributed by atoms with van der Waals surface area (Å²) in [5.74, 6) is 13.6. The second-order valence-electron chi connectivity index (χ2n) is 30.2. The zero-order valence-corrected chi connectivity index (χ0v) is 79.6. The van der Waals surface area contributed by atoms with E-state index < -0.39 is 63.2 Å². The minimum absolute atomic E-state index is 0. The summed E-state index contributed by atoms with van der Waals surface area (Å²) in [5, 5.41) is 13.1. The van der Waals surface area contributed by atoms with Gasteiger partial charge in [-0.05, 0) is 262 Å². The molecule has 705 valence electrons. The van der Waals surface area contributed by atoms with Crippen molar-refractivity contribution in [3.63, 3.8) is 0 Å². The van der Waals surface area contributed by atoms with Crippen LogP contribution in [0.2, 0.25) is 0 Å². The van der Waals surface area contributed by atoms with Gasteiger partial charge >= 0.3 is 49.9 Å². The topological polar surface area (TPSA) is 308 Å². The maximum Gasteiger partial charge on any atom is 2.00 e. The molecule has 8 heterocycles. The van der Waals surface area contributed by atoms with Crippen LogP contribution in [0.15, 0.2) is 321 Å². The summed E-state index contributed by atoms with van der Waals surface area (Å²) in [5.41, 5.74) is 0.691. The van der Waals surface area contributed by atoms with Crippen molar-refractivity contribution in [1.82, 2.24) is 29.9 Å². The summed E-state index contributed by atoms with van der Waals surface area (Å²) in [6, 6.07) is 94.7. The van der Waals surface area contributed by atoms with Crippen LogP contribution in [0.1, 0.15) is 47.9 Å². The van der Waals surface area contributed by atoms with Gasteiger partial charge in [-0.3, -0.25) is 19.9 Å². The van der Waals surface area contributed by atoms with E-state index in [1.54, 1.807) is 24.8 Å². The fourth-order valence-corrected chi connectivity index (χ4v) is 15.9. The molecule has 138 heavy (non-hydrogen) atoms. The van der Waals surface area contributed by atoms with Crippen molar-refractivity contribution in [2.75, 3.05) is 37.5 Å². The average molecular weight is 2100 g/mol. The molecule has 0 aliphatic heterocycles. The van der Waals surface area contributed by atoms with E-state index in [9.17, 15) is 39.5 Å². The maximum absolute atomic E-state index is 10.7. The number of benzene rings is 10. The van der Waals surface area contributed by atoms with Crippen LogP contribution in [0.3, 0.4) is 0 Å². The Morgan fingerprint density at radius 3 is 0.790 bits per heavy atom. The molecule has 1 aliphatic carbocycles. The van der Waals surface area contributed by atoms with E-state index in [0.29, 0.717) is 0 Å². The number of hydrogen-bond acceptors (Lipinski definition) is 21. The molecule has 0 spiro atoms. The number of pyridine rings is 6. The van der Waals surface area contributed by atoms with Gasteiger partial charge in [0.2, 0.25) is 0 Å². The van der Waals surface area contributed by atoms with Gasteiger partial charge in [0.1, 0.15) is 22.3 Å². The second-order valence-corrected chi connectivity index (χ2v) is 37.6. The maximum atomic E-state index is 10.7. The van der Waals surface area contributed by atoms with E-state index in [-0.39, 0.29) is 36.5 Å². The van der Waals surface area contributed by atoms with Gasteiger partial charge in [-0.2, -0.15) is 39.5 Å². The minimum Gasteiger partial charge on any atom is -0.741 e. The van der Waals surface area contributed by atoms with Gasteiger partial charge in [0, 0.05) is 116 Å². The van der Waals surface area contributed by atoms with Crippen molar-refractivity contribution in [2.45, 2.75) is 42.2 Å². The van der Waals surface area contributed by atoms with E-state index in [1.165, 1.54) is 25.7 Å². The van der Waals surface area contributed by atoms with Crippen molar-refractivity contribution in [3.8, 4) is 91.5 Å². The molecule has 0 saturated heterocycles. The number of halogens is 9. The molecule has 2 unspecified atom stereocenters. The van der Waals surface area contributed by atoms with Crippen LogP contribution in [0.4, 0.5) is 39.5 Å². The minimum atomic E-state index is -6.09. The molecule has 1 fully saturated rings. The summed E-state index contributed by atoms with van der Waals surface area (Å²) in [7, 11) is -13.0. The Hall–Kier alpha value is -12.8. The third-order valence-electron chi connectivity index (χ3n) is 20.3. The van der Waals surface area contributed by atoms with E-state index in [4.69, 9.17) is 65.7 Å². The molecule has 0 N–H and O–H groups in total. The molecule has 0 amide bonds. The van der Waals surface area contributed by atoms with Crippen molar-refractivity contribution < 1.29 is 132 Å². The largest absolute Gasteiger partial charge is 2.00 e.